The van der Waals surface area contributed by atoms with E-state index >= 15 is 0 Å². The molecule has 1 aromatic carbocycles. The van der Waals surface area contributed by atoms with Gasteiger partial charge >= 0.3 is 0 Å². The van der Waals surface area contributed by atoms with Crippen molar-refractivity contribution in [3.8, 4) is 0 Å². The average Bonchev–Trinajstić information content (AvgIpc) is 2.40. The molecule has 1 N–H and O–H groups in total. The molecule has 1 fully saturated rings. The van der Waals surface area contributed by atoms with Crippen LogP contribution in [-0.4, -0.2) is 25.3 Å². The van der Waals surface area contributed by atoms with E-state index in [1.807, 2.05) is 0 Å². The lowest BCUT2D eigenvalue weighted by Crippen LogP contribution is -2.48. The minimum absolute atomic E-state index is 0.250. The first-order chi connectivity index (χ1) is 9.11. The lowest BCUT2D eigenvalue weighted by molar-refractivity contribution is 0.0443. The first kappa shape index (κ1) is 14.5. The van der Waals surface area contributed by atoms with Gasteiger partial charge in [0.25, 0.3) is 0 Å². The Morgan fingerprint density at radius 3 is 2.37 bits per heavy atom. The van der Waals surface area contributed by atoms with Crippen LogP contribution in [0.15, 0.2) is 30.3 Å². The molecule has 1 aliphatic heterocycles. The van der Waals surface area contributed by atoms with Crippen molar-refractivity contribution in [2.75, 3.05) is 19.8 Å². The maximum atomic E-state index is 5.46. The van der Waals surface area contributed by atoms with Gasteiger partial charge in [0.05, 0.1) is 0 Å². The molecular formula is C17H27NO. The summed E-state index contributed by atoms with van der Waals surface area (Å²) in [5.41, 5.74) is 1.70. The maximum absolute atomic E-state index is 5.46. The van der Waals surface area contributed by atoms with Crippen LogP contribution in [0.4, 0.5) is 0 Å². The van der Waals surface area contributed by atoms with Gasteiger partial charge in [0.1, 0.15) is 0 Å². The van der Waals surface area contributed by atoms with Gasteiger partial charge in [-0.25, -0.2) is 0 Å². The fourth-order valence-corrected chi connectivity index (χ4v) is 2.79. The molecule has 0 aliphatic carbocycles. The van der Waals surface area contributed by atoms with E-state index in [4.69, 9.17) is 4.74 Å². The number of hydrogen-bond donors (Lipinski definition) is 1. The van der Waals surface area contributed by atoms with Crippen molar-refractivity contribution in [3.63, 3.8) is 0 Å². The minimum atomic E-state index is 0.250. The van der Waals surface area contributed by atoms with E-state index < -0.39 is 0 Å². The van der Waals surface area contributed by atoms with Crippen LogP contribution < -0.4 is 5.32 Å². The molecule has 0 radical (unpaired) electrons. The lowest BCUT2D eigenvalue weighted by atomic mass is 9.86. The van der Waals surface area contributed by atoms with Gasteiger partial charge in [0.2, 0.25) is 0 Å². The van der Waals surface area contributed by atoms with Gasteiger partial charge in [-0.3, -0.25) is 0 Å². The molecule has 0 bridgehead atoms. The first-order valence-electron chi connectivity index (χ1n) is 7.48. The highest BCUT2D eigenvalue weighted by Crippen LogP contribution is 2.26. The molecule has 2 heteroatoms. The van der Waals surface area contributed by atoms with E-state index in [0.717, 1.165) is 32.6 Å². The molecular weight excluding hydrogens is 234 g/mol. The molecule has 0 amide bonds. The molecule has 1 aromatic rings. The number of benzene rings is 1. The molecule has 1 unspecified atom stereocenters. The third kappa shape index (κ3) is 4.05. The summed E-state index contributed by atoms with van der Waals surface area (Å²) in [4.78, 5) is 0. The zero-order chi connectivity index (χ0) is 13.7. The van der Waals surface area contributed by atoms with Crippen molar-refractivity contribution < 1.29 is 4.74 Å². The highest BCUT2D eigenvalue weighted by Gasteiger charge is 2.28. The Bertz CT molecular complexity index is 368. The van der Waals surface area contributed by atoms with Crippen LogP contribution in [0.3, 0.4) is 0 Å². The van der Waals surface area contributed by atoms with Crippen molar-refractivity contribution in [1.29, 1.82) is 0 Å². The van der Waals surface area contributed by atoms with E-state index in [1.54, 1.807) is 0 Å². The van der Waals surface area contributed by atoms with E-state index in [1.165, 1.54) is 5.56 Å². The Morgan fingerprint density at radius 1 is 1.16 bits per heavy atom. The Morgan fingerprint density at radius 2 is 1.79 bits per heavy atom. The summed E-state index contributed by atoms with van der Waals surface area (Å²) in [6.07, 6.45) is 2.24. The van der Waals surface area contributed by atoms with Gasteiger partial charge in [-0.05, 0) is 37.2 Å². The third-order valence-electron chi connectivity index (χ3n) is 4.38. The molecule has 1 atom stereocenters. The normalized spacial score (nSPS) is 20.4. The van der Waals surface area contributed by atoms with Crippen molar-refractivity contribution in [3.05, 3.63) is 35.9 Å². The monoisotopic (exact) mass is 261 g/mol. The lowest BCUT2D eigenvalue weighted by Gasteiger charge is -2.36. The van der Waals surface area contributed by atoms with Gasteiger partial charge in [0, 0.05) is 25.3 Å². The summed E-state index contributed by atoms with van der Waals surface area (Å²) in [7, 11) is 0. The molecule has 1 aliphatic rings. The average molecular weight is 261 g/mol. The molecule has 2 nitrogen and oxygen atoms in total. The summed E-state index contributed by atoms with van der Waals surface area (Å²) < 4.78 is 5.46. The largest absolute Gasteiger partial charge is 0.381 e. The smallest absolute Gasteiger partial charge is 0.0483 e. The highest BCUT2D eigenvalue weighted by molar-refractivity contribution is 5.20. The molecule has 0 spiro atoms. The van der Waals surface area contributed by atoms with E-state index in [9.17, 15) is 0 Å². The maximum Gasteiger partial charge on any atom is 0.0483 e. The van der Waals surface area contributed by atoms with Crippen LogP contribution in [0.25, 0.3) is 0 Å². The number of nitrogens with one attached hydrogen (secondary N) is 1. The fourth-order valence-electron chi connectivity index (χ4n) is 2.79. The van der Waals surface area contributed by atoms with Crippen LogP contribution in [0.5, 0.6) is 0 Å². The molecule has 19 heavy (non-hydrogen) atoms. The molecule has 106 valence electrons. The second-order valence-corrected chi connectivity index (χ2v) is 6.32. The predicted molar refractivity (Wildman–Crippen MR) is 80.5 cm³/mol. The number of ether oxygens (including phenoxy) is 1. The Balaban J connectivity index is 1.98. The highest BCUT2D eigenvalue weighted by atomic mass is 16.5. The summed E-state index contributed by atoms with van der Waals surface area (Å²) in [6.45, 7) is 9.79. The van der Waals surface area contributed by atoms with Crippen molar-refractivity contribution in [2.24, 2.45) is 5.92 Å². The molecule has 1 heterocycles. The zero-order valence-electron chi connectivity index (χ0n) is 12.5. The Labute approximate surface area is 117 Å². The molecule has 1 saturated heterocycles. The number of rotatable bonds is 5. The molecule has 0 saturated carbocycles. The standard InChI is InChI=1S/C17H27NO/c1-14(2)16(15-7-5-4-6-8-15)13-18-17(3)9-11-19-12-10-17/h4-8,14,16,18H,9-13H2,1-3H3. The van der Waals surface area contributed by atoms with E-state index in [0.29, 0.717) is 11.8 Å². The fraction of sp³-hybridized carbons (Fsp3) is 0.647. The molecule has 2 rings (SSSR count). The SMILES string of the molecule is CC(C)C(CNC1(C)CCOCC1)c1ccccc1. The van der Waals surface area contributed by atoms with Crippen LogP contribution in [-0.2, 0) is 4.74 Å². The van der Waals surface area contributed by atoms with E-state index in [2.05, 4.69) is 56.4 Å². The van der Waals surface area contributed by atoms with Crippen LogP contribution in [0.1, 0.15) is 45.1 Å². The quantitative estimate of drug-likeness (QED) is 0.874. The summed E-state index contributed by atoms with van der Waals surface area (Å²) in [5, 5.41) is 3.80. The van der Waals surface area contributed by atoms with Gasteiger partial charge in [-0.2, -0.15) is 0 Å². The second-order valence-electron chi connectivity index (χ2n) is 6.32. The van der Waals surface area contributed by atoms with Gasteiger partial charge in [0.15, 0.2) is 0 Å². The predicted octanol–water partition coefficient (Wildman–Crippen LogP) is 3.58. The summed E-state index contributed by atoms with van der Waals surface area (Å²) in [6, 6.07) is 10.9. The zero-order valence-corrected chi connectivity index (χ0v) is 12.5. The van der Waals surface area contributed by atoms with Crippen LogP contribution >= 0.6 is 0 Å². The van der Waals surface area contributed by atoms with Crippen molar-refractivity contribution in [1.82, 2.24) is 5.32 Å². The first-order valence-corrected chi connectivity index (χ1v) is 7.48. The van der Waals surface area contributed by atoms with Crippen LogP contribution in [0, 0.1) is 5.92 Å². The Hall–Kier alpha value is -0.860. The van der Waals surface area contributed by atoms with Gasteiger partial charge < -0.3 is 10.1 Å². The van der Waals surface area contributed by atoms with Gasteiger partial charge in [-0.15, -0.1) is 0 Å². The van der Waals surface area contributed by atoms with Crippen LogP contribution in [0.2, 0.25) is 0 Å². The van der Waals surface area contributed by atoms with Crippen molar-refractivity contribution in [2.45, 2.75) is 45.1 Å². The third-order valence-corrected chi connectivity index (χ3v) is 4.38. The van der Waals surface area contributed by atoms with Crippen molar-refractivity contribution >= 4 is 0 Å². The van der Waals surface area contributed by atoms with E-state index in [-0.39, 0.29) is 5.54 Å². The van der Waals surface area contributed by atoms with Gasteiger partial charge in [-0.1, -0.05) is 44.2 Å². The second kappa shape index (κ2) is 6.53. The number of hydrogen-bond acceptors (Lipinski definition) is 2. The minimum Gasteiger partial charge on any atom is -0.381 e. The topological polar surface area (TPSA) is 21.3 Å². The summed E-state index contributed by atoms with van der Waals surface area (Å²) in [5.74, 6) is 1.24. The Kier molecular flexibility index (Phi) is 5.00. The molecule has 0 aromatic heterocycles. The summed E-state index contributed by atoms with van der Waals surface area (Å²) >= 11 is 0.